The van der Waals surface area contributed by atoms with E-state index in [4.69, 9.17) is 21.4 Å². The molecular weight excluding hydrogens is 226 g/mol. The molecule has 0 atom stereocenters. The van der Waals surface area contributed by atoms with Crippen LogP contribution in [0.5, 0.6) is 5.75 Å². The SMILES string of the molecule is COc1cc(Cl)cc([N+](=O)[O-])c1C(=O)O. The number of benzene rings is 1. The van der Waals surface area contributed by atoms with Crippen molar-refractivity contribution in [2.45, 2.75) is 0 Å². The Labute approximate surface area is 89.2 Å². The second kappa shape index (κ2) is 4.14. The van der Waals surface area contributed by atoms with Crippen molar-refractivity contribution in [1.29, 1.82) is 0 Å². The van der Waals surface area contributed by atoms with E-state index in [-0.39, 0.29) is 10.8 Å². The van der Waals surface area contributed by atoms with Crippen LogP contribution in [-0.2, 0) is 0 Å². The standard InChI is InChI=1S/C8H6ClNO5/c1-15-6-3-4(9)2-5(10(13)14)7(6)8(11)12/h2-3H,1H3,(H,11,12). The topological polar surface area (TPSA) is 89.7 Å². The van der Waals surface area contributed by atoms with Crippen molar-refractivity contribution in [2.75, 3.05) is 7.11 Å². The molecule has 80 valence electrons. The quantitative estimate of drug-likeness (QED) is 0.634. The van der Waals surface area contributed by atoms with Gasteiger partial charge in [-0.05, 0) is 0 Å². The van der Waals surface area contributed by atoms with Crippen LogP contribution in [-0.4, -0.2) is 23.1 Å². The lowest BCUT2D eigenvalue weighted by Gasteiger charge is -2.05. The number of methoxy groups -OCH3 is 1. The minimum absolute atomic E-state index is 0.0450. The Morgan fingerprint density at radius 3 is 2.60 bits per heavy atom. The Kier molecular flexibility index (Phi) is 3.11. The Hall–Kier alpha value is -1.82. The molecule has 0 heterocycles. The van der Waals surface area contributed by atoms with Gasteiger partial charge in [0.2, 0.25) is 0 Å². The highest BCUT2D eigenvalue weighted by Gasteiger charge is 2.25. The molecule has 0 aromatic heterocycles. The predicted octanol–water partition coefficient (Wildman–Crippen LogP) is 1.96. The molecule has 1 aromatic carbocycles. The van der Waals surface area contributed by atoms with Crippen molar-refractivity contribution in [1.82, 2.24) is 0 Å². The number of carbonyl (C=O) groups is 1. The number of aromatic carboxylic acids is 1. The van der Waals surface area contributed by atoms with Gasteiger partial charge in [0.25, 0.3) is 5.69 Å². The van der Waals surface area contributed by atoms with Crippen LogP contribution in [0, 0.1) is 10.1 Å². The third-order valence-corrected chi connectivity index (χ3v) is 1.89. The molecule has 1 N–H and O–H groups in total. The van der Waals surface area contributed by atoms with Gasteiger partial charge in [-0.1, -0.05) is 11.6 Å². The highest BCUT2D eigenvalue weighted by Crippen LogP contribution is 2.32. The van der Waals surface area contributed by atoms with Gasteiger partial charge in [0.15, 0.2) is 5.56 Å². The molecule has 7 heteroatoms. The average Bonchev–Trinajstić information content (AvgIpc) is 2.15. The Morgan fingerprint density at radius 2 is 2.20 bits per heavy atom. The summed E-state index contributed by atoms with van der Waals surface area (Å²) < 4.78 is 4.71. The van der Waals surface area contributed by atoms with E-state index in [1.807, 2.05) is 0 Å². The van der Waals surface area contributed by atoms with Crippen LogP contribution < -0.4 is 4.74 Å². The van der Waals surface area contributed by atoms with E-state index in [2.05, 4.69) is 0 Å². The van der Waals surface area contributed by atoms with Crippen molar-refractivity contribution in [3.63, 3.8) is 0 Å². The van der Waals surface area contributed by atoms with Crippen LogP contribution in [0.25, 0.3) is 0 Å². The molecule has 0 saturated heterocycles. The van der Waals surface area contributed by atoms with Crippen molar-refractivity contribution in [2.24, 2.45) is 0 Å². The average molecular weight is 232 g/mol. The number of hydrogen-bond donors (Lipinski definition) is 1. The number of ether oxygens (including phenoxy) is 1. The fraction of sp³-hybridized carbons (Fsp3) is 0.125. The minimum atomic E-state index is -1.43. The van der Waals surface area contributed by atoms with E-state index in [0.29, 0.717) is 0 Å². The minimum Gasteiger partial charge on any atom is -0.496 e. The molecule has 0 amide bonds. The second-order valence-corrected chi connectivity index (χ2v) is 3.00. The molecule has 0 bridgehead atoms. The van der Waals surface area contributed by atoms with E-state index >= 15 is 0 Å². The van der Waals surface area contributed by atoms with Gasteiger partial charge >= 0.3 is 5.97 Å². The molecule has 0 fully saturated rings. The fourth-order valence-corrected chi connectivity index (χ4v) is 1.29. The van der Waals surface area contributed by atoms with E-state index in [9.17, 15) is 14.9 Å². The predicted molar refractivity (Wildman–Crippen MR) is 51.6 cm³/mol. The van der Waals surface area contributed by atoms with Crippen LogP contribution in [0.15, 0.2) is 12.1 Å². The number of nitro benzene ring substituents is 1. The summed E-state index contributed by atoms with van der Waals surface area (Å²) in [6, 6.07) is 2.17. The third-order valence-electron chi connectivity index (χ3n) is 1.68. The largest absolute Gasteiger partial charge is 0.496 e. The lowest BCUT2D eigenvalue weighted by atomic mass is 10.1. The number of halogens is 1. The fourth-order valence-electron chi connectivity index (χ4n) is 1.09. The first-order chi connectivity index (χ1) is 6.97. The first kappa shape index (κ1) is 11.3. The summed E-state index contributed by atoms with van der Waals surface area (Å²) in [6.45, 7) is 0. The van der Waals surface area contributed by atoms with Crippen LogP contribution in [0.1, 0.15) is 10.4 Å². The molecule has 0 aliphatic heterocycles. The van der Waals surface area contributed by atoms with Gasteiger partial charge in [0.1, 0.15) is 5.75 Å². The summed E-state index contributed by atoms with van der Waals surface area (Å²) in [5.41, 5.74) is -1.10. The molecule has 1 rings (SSSR count). The highest BCUT2D eigenvalue weighted by atomic mass is 35.5. The molecule has 0 radical (unpaired) electrons. The Morgan fingerprint density at radius 1 is 1.60 bits per heavy atom. The van der Waals surface area contributed by atoms with Crippen LogP contribution in [0.3, 0.4) is 0 Å². The summed E-state index contributed by atoms with van der Waals surface area (Å²) >= 11 is 5.57. The summed E-state index contributed by atoms with van der Waals surface area (Å²) in [5.74, 6) is -1.57. The maximum absolute atomic E-state index is 10.8. The van der Waals surface area contributed by atoms with E-state index in [0.717, 1.165) is 6.07 Å². The van der Waals surface area contributed by atoms with E-state index in [1.54, 1.807) is 0 Å². The highest BCUT2D eigenvalue weighted by molar-refractivity contribution is 6.31. The molecule has 0 saturated carbocycles. The first-order valence-corrected chi connectivity index (χ1v) is 4.10. The summed E-state index contributed by atoms with van der Waals surface area (Å²) in [6.07, 6.45) is 0. The van der Waals surface area contributed by atoms with Gasteiger partial charge in [-0.15, -0.1) is 0 Å². The van der Waals surface area contributed by atoms with Gasteiger partial charge in [0, 0.05) is 12.1 Å². The smallest absolute Gasteiger partial charge is 0.346 e. The number of hydrogen-bond acceptors (Lipinski definition) is 4. The Balaban J connectivity index is 3.54. The maximum Gasteiger partial charge on any atom is 0.346 e. The summed E-state index contributed by atoms with van der Waals surface area (Å²) in [4.78, 5) is 20.5. The van der Waals surface area contributed by atoms with Crippen LogP contribution in [0.4, 0.5) is 5.69 Å². The zero-order chi connectivity index (χ0) is 11.6. The summed E-state index contributed by atoms with van der Waals surface area (Å²) in [5, 5.41) is 19.4. The molecule has 0 aliphatic carbocycles. The van der Waals surface area contributed by atoms with Crippen LogP contribution >= 0.6 is 11.6 Å². The van der Waals surface area contributed by atoms with Gasteiger partial charge in [-0.3, -0.25) is 10.1 Å². The number of rotatable bonds is 3. The normalized spacial score (nSPS) is 9.73. The molecule has 15 heavy (non-hydrogen) atoms. The molecule has 1 aromatic rings. The Bertz CT molecular complexity index is 431. The van der Waals surface area contributed by atoms with Crippen LogP contribution in [0.2, 0.25) is 5.02 Å². The molecule has 0 unspecified atom stereocenters. The van der Waals surface area contributed by atoms with Crippen molar-refractivity contribution in [3.05, 3.63) is 32.8 Å². The van der Waals surface area contributed by atoms with E-state index in [1.165, 1.54) is 13.2 Å². The lowest BCUT2D eigenvalue weighted by Crippen LogP contribution is -2.05. The zero-order valence-electron chi connectivity index (χ0n) is 7.56. The molecule has 6 nitrogen and oxygen atoms in total. The monoisotopic (exact) mass is 231 g/mol. The lowest BCUT2D eigenvalue weighted by molar-refractivity contribution is -0.385. The first-order valence-electron chi connectivity index (χ1n) is 3.72. The number of carboxylic acid groups (broad SMARTS) is 1. The van der Waals surface area contributed by atoms with Crippen molar-refractivity contribution < 1.29 is 19.6 Å². The molecule has 0 aliphatic rings. The molecular formula is C8H6ClNO5. The number of carboxylic acids is 1. The van der Waals surface area contributed by atoms with Crippen molar-refractivity contribution >= 4 is 23.3 Å². The zero-order valence-corrected chi connectivity index (χ0v) is 8.32. The third kappa shape index (κ3) is 2.16. The van der Waals surface area contributed by atoms with E-state index < -0.39 is 22.1 Å². The number of nitro groups is 1. The summed E-state index contributed by atoms with van der Waals surface area (Å²) in [7, 11) is 1.21. The van der Waals surface area contributed by atoms with Gasteiger partial charge in [-0.25, -0.2) is 4.79 Å². The van der Waals surface area contributed by atoms with Gasteiger partial charge < -0.3 is 9.84 Å². The van der Waals surface area contributed by atoms with Crippen molar-refractivity contribution in [3.8, 4) is 5.75 Å². The molecule has 0 spiro atoms. The second-order valence-electron chi connectivity index (χ2n) is 2.56. The number of nitrogens with zero attached hydrogens (tertiary/aromatic N) is 1. The maximum atomic E-state index is 10.8. The van der Waals surface area contributed by atoms with Gasteiger partial charge in [-0.2, -0.15) is 0 Å². The van der Waals surface area contributed by atoms with Gasteiger partial charge in [0.05, 0.1) is 17.1 Å².